The number of para-hydroxylation sites is 1. The molecule has 1 rings (SSSR count). The maximum absolute atomic E-state index is 11.1. The second-order valence-corrected chi connectivity index (χ2v) is 2.40. The first-order chi connectivity index (χ1) is 6.66. The zero-order valence-electron chi connectivity index (χ0n) is 6.97. The van der Waals surface area contributed by atoms with Crippen LogP contribution in [0.3, 0.4) is 0 Å². The molecule has 70 valence electrons. The first-order valence-corrected chi connectivity index (χ1v) is 3.65. The highest BCUT2D eigenvalue weighted by Gasteiger charge is 2.16. The molecule has 0 saturated carbocycles. The van der Waals surface area contributed by atoms with E-state index < -0.39 is 10.7 Å². The topological polar surface area (TPSA) is 77.3 Å². The Morgan fingerprint density at radius 3 is 2.64 bits per heavy atom. The van der Waals surface area contributed by atoms with Crippen LogP contribution in [0.2, 0.25) is 0 Å². The van der Waals surface area contributed by atoms with Crippen molar-refractivity contribution in [3.8, 4) is 0 Å². The molecule has 5 heteroatoms. The Hall–Kier alpha value is -2.26. The lowest BCUT2D eigenvalue weighted by atomic mass is 10.1. The van der Waals surface area contributed by atoms with Gasteiger partial charge >= 0.3 is 0 Å². The summed E-state index contributed by atoms with van der Waals surface area (Å²) in [6, 6.07) is 5.42. The predicted octanol–water partition coefficient (Wildman–Crippen LogP) is 1.17. The highest BCUT2D eigenvalue weighted by Crippen LogP contribution is 2.17. The van der Waals surface area contributed by atoms with E-state index in [2.05, 4.69) is 0 Å². The van der Waals surface area contributed by atoms with Crippen molar-refractivity contribution in [2.75, 3.05) is 0 Å². The van der Waals surface area contributed by atoms with Crippen LogP contribution in [0.15, 0.2) is 30.3 Å². The van der Waals surface area contributed by atoms with Gasteiger partial charge in [0.1, 0.15) is 11.5 Å². The van der Waals surface area contributed by atoms with E-state index in [4.69, 9.17) is 0 Å². The summed E-state index contributed by atoms with van der Waals surface area (Å²) in [4.78, 5) is 30.8. The molecular weight excluding hydrogens is 186 g/mol. The number of carbonyl (C=O) groups excluding carboxylic acids is 2. The molecule has 0 bridgehead atoms. The second kappa shape index (κ2) is 4.11. The van der Waals surface area contributed by atoms with Gasteiger partial charge in [-0.2, -0.15) is 0 Å². The summed E-state index contributed by atoms with van der Waals surface area (Å²) in [6.07, 6.45) is 0.627. The molecule has 0 fully saturated rings. The van der Waals surface area contributed by atoms with Crippen molar-refractivity contribution in [2.45, 2.75) is 0 Å². The third-order valence-electron chi connectivity index (χ3n) is 1.56. The Kier molecular flexibility index (Phi) is 2.89. The van der Waals surface area contributed by atoms with Crippen LogP contribution in [-0.2, 0) is 4.79 Å². The standard InChI is InChI=1S/C9H5NO4/c11-6-5-9(12)7-3-1-2-4-8(7)10(13)14/h1-5H. The monoisotopic (exact) mass is 191 g/mol. The lowest BCUT2D eigenvalue weighted by Gasteiger charge is -1.96. The van der Waals surface area contributed by atoms with Crippen molar-refractivity contribution in [1.82, 2.24) is 0 Å². The van der Waals surface area contributed by atoms with Gasteiger partial charge in [0.25, 0.3) is 5.69 Å². The van der Waals surface area contributed by atoms with Crippen molar-refractivity contribution in [3.63, 3.8) is 0 Å². The van der Waals surface area contributed by atoms with Crippen LogP contribution < -0.4 is 0 Å². The number of hydrogen-bond acceptors (Lipinski definition) is 4. The number of hydrogen-bond donors (Lipinski definition) is 0. The maximum atomic E-state index is 11.1. The van der Waals surface area contributed by atoms with Crippen LogP contribution in [-0.4, -0.2) is 16.6 Å². The van der Waals surface area contributed by atoms with Gasteiger partial charge in [0.05, 0.1) is 11.0 Å². The van der Waals surface area contributed by atoms with Crippen LogP contribution in [0, 0.1) is 10.1 Å². The number of ketones is 1. The first-order valence-electron chi connectivity index (χ1n) is 3.65. The van der Waals surface area contributed by atoms with E-state index in [-0.39, 0.29) is 11.3 Å². The normalized spacial score (nSPS) is 8.86. The van der Waals surface area contributed by atoms with E-state index in [9.17, 15) is 19.7 Å². The number of nitro benzene ring substituents is 1. The number of nitro groups is 1. The molecule has 0 aliphatic heterocycles. The summed E-state index contributed by atoms with van der Waals surface area (Å²) in [5, 5.41) is 10.5. The van der Waals surface area contributed by atoms with Crippen LogP contribution in [0.25, 0.3) is 0 Å². The smallest absolute Gasteiger partial charge is 0.280 e. The molecule has 0 saturated heterocycles. The van der Waals surface area contributed by atoms with E-state index in [0.717, 1.165) is 0 Å². The summed E-state index contributed by atoms with van der Waals surface area (Å²) < 4.78 is 0. The SMILES string of the molecule is O=C=CC(=O)c1ccccc1[N+](=O)[O-]. The molecule has 0 unspecified atom stereocenters. The van der Waals surface area contributed by atoms with E-state index in [1.807, 2.05) is 0 Å². The molecule has 1 aromatic rings. The number of carbonyl (C=O) groups is 1. The molecule has 0 aliphatic rings. The van der Waals surface area contributed by atoms with E-state index in [0.29, 0.717) is 6.08 Å². The summed E-state index contributed by atoms with van der Waals surface area (Å²) in [6.45, 7) is 0. The van der Waals surface area contributed by atoms with E-state index in [1.165, 1.54) is 30.2 Å². The van der Waals surface area contributed by atoms with Crippen LogP contribution >= 0.6 is 0 Å². The third-order valence-corrected chi connectivity index (χ3v) is 1.56. The average Bonchev–Trinajstić information content (AvgIpc) is 2.18. The Morgan fingerprint density at radius 2 is 2.07 bits per heavy atom. The maximum Gasteiger partial charge on any atom is 0.280 e. The van der Waals surface area contributed by atoms with Gasteiger partial charge in [-0.15, -0.1) is 0 Å². The van der Waals surface area contributed by atoms with Crippen molar-refractivity contribution >= 4 is 17.4 Å². The molecule has 0 heterocycles. The average molecular weight is 191 g/mol. The summed E-state index contributed by atoms with van der Waals surface area (Å²) in [5.74, 6) is 0.569. The van der Waals surface area contributed by atoms with Gasteiger partial charge < -0.3 is 0 Å². The minimum atomic E-state index is -0.715. The zero-order valence-corrected chi connectivity index (χ0v) is 6.97. The summed E-state index contributed by atoms with van der Waals surface area (Å²) in [7, 11) is 0. The second-order valence-electron chi connectivity index (χ2n) is 2.40. The quantitative estimate of drug-likeness (QED) is 0.236. The molecule has 0 amide bonds. The molecule has 0 aromatic heterocycles. The Balaban J connectivity index is 3.26. The summed E-state index contributed by atoms with van der Waals surface area (Å²) in [5.41, 5.74) is -0.426. The van der Waals surface area contributed by atoms with Gasteiger partial charge in [0.15, 0.2) is 0 Å². The van der Waals surface area contributed by atoms with Gasteiger partial charge in [-0.05, 0) is 6.07 Å². The highest BCUT2D eigenvalue weighted by atomic mass is 16.6. The lowest BCUT2D eigenvalue weighted by molar-refractivity contribution is -0.385. The number of nitrogens with zero attached hydrogens (tertiary/aromatic N) is 1. The molecule has 0 spiro atoms. The van der Waals surface area contributed by atoms with E-state index >= 15 is 0 Å². The summed E-state index contributed by atoms with van der Waals surface area (Å²) >= 11 is 0. The Bertz CT molecular complexity index is 432. The fraction of sp³-hybridized carbons (Fsp3) is 0. The van der Waals surface area contributed by atoms with Crippen molar-refractivity contribution in [1.29, 1.82) is 0 Å². The van der Waals surface area contributed by atoms with Crippen molar-refractivity contribution in [3.05, 3.63) is 46.0 Å². The van der Waals surface area contributed by atoms with Crippen LogP contribution in [0.1, 0.15) is 10.4 Å². The van der Waals surface area contributed by atoms with Gasteiger partial charge in [-0.1, -0.05) is 12.1 Å². The molecule has 0 N–H and O–H groups in total. The van der Waals surface area contributed by atoms with Gasteiger partial charge in [0, 0.05) is 6.07 Å². The molecule has 14 heavy (non-hydrogen) atoms. The Labute approximate surface area is 78.8 Å². The molecule has 0 aliphatic carbocycles. The van der Waals surface area contributed by atoms with Crippen LogP contribution in [0.4, 0.5) is 5.69 Å². The van der Waals surface area contributed by atoms with Gasteiger partial charge in [0.2, 0.25) is 5.78 Å². The van der Waals surface area contributed by atoms with Crippen LogP contribution in [0.5, 0.6) is 0 Å². The fourth-order valence-electron chi connectivity index (χ4n) is 0.972. The number of rotatable bonds is 3. The zero-order chi connectivity index (χ0) is 10.6. The van der Waals surface area contributed by atoms with E-state index in [1.54, 1.807) is 0 Å². The number of allylic oxidation sites excluding steroid dienone is 1. The molecule has 1 aromatic carbocycles. The molecular formula is C9H5NO4. The minimum Gasteiger partial charge on any atom is -0.288 e. The lowest BCUT2D eigenvalue weighted by Crippen LogP contribution is -2.00. The Morgan fingerprint density at radius 1 is 1.43 bits per heavy atom. The number of benzene rings is 1. The van der Waals surface area contributed by atoms with Gasteiger partial charge in [-0.25, -0.2) is 4.79 Å². The minimum absolute atomic E-state index is 0.110. The fourth-order valence-corrected chi connectivity index (χ4v) is 0.972. The highest BCUT2D eigenvalue weighted by molar-refractivity contribution is 6.10. The largest absolute Gasteiger partial charge is 0.288 e. The predicted molar refractivity (Wildman–Crippen MR) is 47.7 cm³/mol. The van der Waals surface area contributed by atoms with Gasteiger partial charge in [-0.3, -0.25) is 14.9 Å². The molecule has 5 nitrogen and oxygen atoms in total. The van der Waals surface area contributed by atoms with Crippen molar-refractivity contribution in [2.24, 2.45) is 0 Å². The molecule has 0 atom stereocenters. The first kappa shape index (κ1) is 9.83. The molecule has 0 radical (unpaired) electrons. The van der Waals surface area contributed by atoms with Crippen molar-refractivity contribution < 1.29 is 14.5 Å². The third kappa shape index (κ3) is 1.91.